The molecule has 1 aromatic carbocycles. The maximum atomic E-state index is 13.5. The molecular formula is C11H15FN2O3. The van der Waals surface area contributed by atoms with E-state index >= 15 is 0 Å². The smallest absolute Gasteiger partial charge is 0.272 e. The van der Waals surface area contributed by atoms with Gasteiger partial charge in [-0.15, -0.1) is 0 Å². The number of rotatable bonds is 4. The zero-order valence-corrected chi connectivity index (χ0v) is 9.90. The summed E-state index contributed by atoms with van der Waals surface area (Å²) in [6, 6.07) is 2.95. The van der Waals surface area contributed by atoms with Gasteiger partial charge in [-0.2, -0.15) is 0 Å². The van der Waals surface area contributed by atoms with E-state index in [1.807, 2.05) is 0 Å². The molecule has 1 rings (SSSR count). The van der Waals surface area contributed by atoms with Crippen LogP contribution in [-0.2, 0) is 0 Å². The molecule has 0 spiro atoms. The lowest BCUT2D eigenvalue weighted by Crippen LogP contribution is -2.39. The molecule has 0 saturated carbocycles. The maximum Gasteiger partial charge on any atom is 0.272 e. The summed E-state index contributed by atoms with van der Waals surface area (Å²) in [5.74, 6) is -0.713. The topological polar surface area (TPSA) is 75.4 Å². The predicted molar refractivity (Wildman–Crippen MR) is 62.4 cm³/mol. The molecule has 1 aromatic rings. The van der Waals surface area contributed by atoms with Crippen molar-refractivity contribution in [3.63, 3.8) is 0 Å². The lowest BCUT2D eigenvalue weighted by atomic mass is 10.0. The highest BCUT2D eigenvalue weighted by atomic mass is 19.1. The number of nitro groups is 1. The van der Waals surface area contributed by atoms with Gasteiger partial charge in [0.05, 0.1) is 28.3 Å². The molecule has 0 aliphatic heterocycles. The number of aliphatic hydroxyl groups is 1. The van der Waals surface area contributed by atoms with Crippen LogP contribution in [0.4, 0.5) is 15.8 Å². The SMILES string of the molecule is C[C@H](Nc1ccc([N+](=O)[O-])cc1F)C(C)(C)O. The van der Waals surface area contributed by atoms with Crippen molar-refractivity contribution < 1.29 is 14.4 Å². The maximum absolute atomic E-state index is 13.5. The van der Waals surface area contributed by atoms with E-state index in [1.165, 1.54) is 12.1 Å². The van der Waals surface area contributed by atoms with Crippen LogP contribution in [0.5, 0.6) is 0 Å². The Hall–Kier alpha value is -1.69. The first-order valence-electron chi connectivity index (χ1n) is 5.14. The van der Waals surface area contributed by atoms with Gasteiger partial charge in [-0.1, -0.05) is 0 Å². The predicted octanol–water partition coefficient (Wildman–Crippen LogP) is 2.31. The van der Waals surface area contributed by atoms with E-state index in [0.29, 0.717) is 0 Å². The van der Waals surface area contributed by atoms with E-state index < -0.39 is 22.4 Å². The van der Waals surface area contributed by atoms with Crippen molar-refractivity contribution in [2.45, 2.75) is 32.4 Å². The van der Waals surface area contributed by atoms with Crippen molar-refractivity contribution in [3.05, 3.63) is 34.1 Å². The van der Waals surface area contributed by atoms with Crippen LogP contribution in [0, 0.1) is 15.9 Å². The van der Waals surface area contributed by atoms with Crippen LogP contribution in [0.2, 0.25) is 0 Å². The fourth-order valence-electron chi connectivity index (χ4n) is 1.14. The van der Waals surface area contributed by atoms with E-state index in [2.05, 4.69) is 5.32 Å². The number of nitrogens with zero attached hydrogens (tertiary/aromatic N) is 1. The highest BCUT2D eigenvalue weighted by Crippen LogP contribution is 2.23. The molecule has 0 aliphatic carbocycles. The van der Waals surface area contributed by atoms with Crippen molar-refractivity contribution in [1.82, 2.24) is 0 Å². The Balaban J connectivity index is 2.90. The Morgan fingerprint density at radius 2 is 2.12 bits per heavy atom. The first-order valence-corrected chi connectivity index (χ1v) is 5.14. The summed E-state index contributed by atoms with van der Waals surface area (Å²) in [4.78, 5) is 9.76. The number of hydrogen-bond acceptors (Lipinski definition) is 4. The minimum absolute atomic E-state index is 0.130. The van der Waals surface area contributed by atoms with Crippen LogP contribution in [0.1, 0.15) is 20.8 Å². The largest absolute Gasteiger partial charge is 0.388 e. The molecule has 17 heavy (non-hydrogen) atoms. The van der Waals surface area contributed by atoms with E-state index in [4.69, 9.17) is 0 Å². The molecule has 5 nitrogen and oxygen atoms in total. The number of non-ortho nitro benzene ring substituents is 1. The Labute approximate surface area is 98.4 Å². The van der Waals surface area contributed by atoms with Crippen molar-refractivity contribution in [2.24, 2.45) is 0 Å². The second-order valence-corrected chi connectivity index (χ2v) is 4.44. The minimum atomic E-state index is -1.02. The summed E-state index contributed by atoms with van der Waals surface area (Å²) in [7, 11) is 0. The van der Waals surface area contributed by atoms with Crippen molar-refractivity contribution in [2.75, 3.05) is 5.32 Å². The number of nitro benzene ring substituents is 1. The average Bonchev–Trinajstić information content (AvgIpc) is 2.19. The zero-order valence-electron chi connectivity index (χ0n) is 9.90. The van der Waals surface area contributed by atoms with Gasteiger partial charge in [0.2, 0.25) is 0 Å². The van der Waals surface area contributed by atoms with Gasteiger partial charge in [-0.05, 0) is 26.8 Å². The van der Waals surface area contributed by atoms with Gasteiger partial charge in [0, 0.05) is 6.07 Å². The normalized spacial score (nSPS) is 13.2. The molecule has 0 heterocycles. The highest BCUT2D eigenvalue weighted by molar-refractivity contribution is 5.50. The Bertz CT molecular complexity index is 429. The van der Waals surface area contributed by atoms with Crippen molar-refractivity contribution in [1.29, 1.82) is 0 Å². The standard InChI is InChI=1S/C11H15FN2O3/c1-7(11(2,3)15)13-10-5-4-8(14(16)17)6-9(10)12/h4-7,13,15H,1-3H3/t7-/m0/s1. The molecule has 0 aromatic heterocycles. The van der Waals surface area contributed by atoms with Gasteiger partial charge >= 0.3 is 0 Å². The summed E-state index contributed by atoms with van der Waals surface area (Å²) in [5.41, 5.74) is -1.19. The third-order valence-electron chi connectivity index (χ3n) is 2.60. The van der Waals surface area contributed by atoms with Crippen LogP contribution < -0.4 is 5.32 Å². The van der Waals surface area contributed by atoms with Crippen LogP contribution >= 0.6 is 0 Å². The van der Waals surface area contributed by atoms with Gasteiger partial charge in [-0.25, -0.2) is 4.39 Å². The van der Waals surface area contributed by atoms with Crippen molar-refractivity contribution in [3.8, 4) is 0 Å². The van der Waals surface area contributed by atoms with Crippen LogP contribution in [0.15, 0.2) is 18.2 Å². The summed E-state index contributed by atoms with van der Waals surface area (Å²) in [6.07, 6.45) is 0. The monoisotopic (exact) mass is 242 g/mol. The van der Waals surface area contributed by atoms with Gasteiger partial charge in [0.1, 0.15) is 0 Å². The molecule has 0 amide bonds. The lowest BCUT2D eigenvalue weighted by Gasteiger charge is -2.27. The Morgan fingerprint density at radius 3 is 2.53 bits per heavy atom. The van der Waals surface area contributed by atoms with Gasteiger partial charge in [-0.3, -0.25) is 10.1 Å². The number of nitrogens with one attached hydrogen (secondary N) is 1. The second-order valence-electron chi connectivity index (χ2n) is 4.44. The molecule has 0 saturated heterocycles. The number of anilines is 1. The van der Waals surface area contributed by atoms with Gasteiger partial charge < -0.3 is 10.4 Å². The highest BCUT2D eigenvalue weighted by Gasteiger charge is 2.23. The zero-order chi connectivity index (χ0) is 13.2. The third kappa shape index (κ3) is 3.39. The quantitative estimate of drug-likeness (QED) is 0.627. The lowest BCUT2D eigenvalue weighted by molar-refractivity contribution is -0.385. The third-order valence-corrected chi connectivity index (χ3v) is 2.60. The van der Waals surface area contributed by atoms with E-state index in [0.717, 1.165) is 6.07 Å². The molecule has 0 radical (unpaired) electrons. The summed E-state index contributed by atoms with van der Waals surface area (Å²) in [6.45, 7) is 4.88. The average molecular weight is 242 g/mol. The summed E-state index contributed by atoms with van der Waals surface area (Å²) in [5, 5.41) is 22.9. The van der Waals surface area contributed by atoms with Crippen molar-refractivity contribution >= 4 is 11.4 Å². The first-order chi connectivity index (χ1) is 7.71. The van der Waals surface area contributed by atoms with Gasteiger partial charge in [0.25, 0.3) is 5.69 Å². The fourth-order valence-corrected chi connectivity index (χ4v) is 1.14. The van der Waals surface area contributed by atoms with E-state index in [1.54, 1.807) is 20.8 Å². The molecule has 0 aliphatic rings. The van der Waals surface area contributed by atoms with Gasteiger partial charge in [0.15, 0.2) is 5.82 Å². The van der Waals surface area contributed by atoms with E-state index in [-0.39, 0.29) is 11.4 Å². The van der Waals surface area contributed by atoms with Crippen LogP contribution in [0.25, 0.3) is 0 Å². The molecule has 94 valence electrons. The summed E-state index contributed by atoms with van der Waals surface area (Å²) >= 11 is 0. The Kier molecular flexibility index (Phi) is 3.67. The van der Waals surface area contributed by atoms with Crippen LogP contribution in [-0.4, -0.2) is 21.7 Å². The Morgan fingerprint density at radius 1 is 1.53 bits per heavy atom. The molecule has 6 heteroatoms. The minimum Gasteiger partial charge on any atom is -0.388 e. The molecule has 0 unspecified atom stereocenters. The molecular weight excluding hydrogens is 227 g/mol. The number of halogens is 1. The molecule has 1 atom stereocenters. The number of benzene rings is 1. The molecule has 0 bridgehead atoms. The molecule has 2 N–H and O–H groups in total. The van der Waals surface area contributed by atoms with E-state index in [9.17, 15) is 19.6 Å². The first kappa shape index (κ1) is 13.4. The summed E-state index contributed by atoms with van der Waals surface area (Å²) < 4.78 is 13.5. The van der Waals surface area contributed by atoms with Crippen LogP contribution in [0.3, 0.4) is 0 Å². The molecule has 0 fully saturated rings. The fraction of sp³-hybridized carbons (Fsp3) is 0.455. The second kappa shape index (κ2) is 4.67. The number of hydrogen-bond donors (Lipinski definition) is 2.